The number of rotatable bonds is 9. The van der Waals surface area contributed by atoms with Crippen LogP contribution in [0.5, 0.6) is 5.75 Å². The van der Waals surface area contributed by atoms with Gasteiger partial charge >= 0.3 is 6.03 Å². The van der Waals surface area contributed by atoms with Crippen LogP contribution in [0.3, 0.4) is 0 Å². The molecule has 5 atom stereocenters. The van der Waals surface area contributed by atoms with Crippen molar-refractivity contribution < 1.29 is 17.9 Å². The number of carbonyl (C=O) groups excluding carboxylic acids is 1. The summed E-state index contributed by atoms with van der Waals surface area (Å²) in [5, 5.41) is 2.97. The lowest BCUT2D eigenvalue weighted by atomic mass is 9.57. The number of nitrogens with zero attached hydrogens (tertiary/aromatic N) is 2. The number of ether oxygens (including phenoxy) is 1. The molecule has 8 nitrogen and oxygen atoms in total. The summed E-state index contributed by atoms with van der Waals surface area (Å²) in [5.74, 6) is 2.57. The fourth-order valence-electron chi connectivity index (χ4n) is 5.70. The van der Waals surface area contributed by atoms with E-state index < -0.39 is 9.84 Å². The van der Waals surface area contributed by atoms with Crippen LogP contribution in [0.15, 0.2) is 24.3 Å². The molecule has 2 aliphatic heterocycles. The predicted molar refractivity (Wildman–Crippen MR) is 121 cm³/mol. The first kappa shape index (κ1) is 22.2. The molecule has 0 radical (unpaired) electrons. The molecule has 3 aliphatic rings. The van der Waals surface area contributed by atoms with Crippen molar-refractivity contribution >= 4 is 21.6 Å². The molecule has 2 saturated heterocycles. The van der Waals surface area contributed by atoms with Gasteiger partial charge in [-0.05, 0) is 43.5 Å². The van der Waals surface area contributed by atoms with Crippen molar-refractivity contribution in [2.24, 2.45) is 23.5 Å². The van der Waals surface area contributed by atoms with E-state index in [1.807, 2.05) is 19.1 Å². The summed E-state index contributed by atoms with van der Waals surface area (Å²) in [6.45, 7) is 7.20. The molecule has 2 heterocycles. The number of amides is 2. The van der Waals surface area contributed by atoms with E-state index in [9.17, 15) is 13.2 Å². The molecule has 0 spiro atoms. The number of nitrogens with one attached hydrogen (secondary N) is 1. The largest absolute Gasteiger partial charge is 0.494 e. The average Bonchev–Trinajstić information content (AvgIpc) is 3.01. The Balaban J connectivity index is 1.34. The Labute approximate surface area is 185 Å². The fraction of sp³-hybridized carbons (Fsp3) is 0.682. The first-order valence-electron chi connectivity index (χ1n) is 11.3. The van der Waals surface area contributed by atoms with Crippen molar-refractivity contribution in [3.63, 3.8) is 0 Å². The Morgan fingerprint density at radius 2 is 1.97 bits per heavy atom. The summed E-state index contributed by atoms with van der Waals surface area (Å²) in [6.07, 6.45) is 0.455. The van der Waals surface area contributed by atoms with Gasteiger partial charge in [0.15, 0.2) is 9.84 Å². The third kappa shape index (κ3) is 4.22. The minimum absolute atomic E-state index is 0.0255. The van der Waals surface area contributed by atoms with Crippen LogP contribution in [-0.2, 0) is 9.84 Å². The van der Waals surface area contributed by atoms with Gasteiger partial charge in [0.25, 0.3) is 0 Å². The molecule has 31 heavy (non-hydrogen) atoms. The maximum Gasteiger partial charge on any atom is 0.317 e. The van der Waals surface area contributed by atoms with Gasteiger partial charge in [-0.15, -0.1) is 0 Å². The number of hydrogen-bond acceptors (Lipinski definition) is 6. The summed E-state index contributed by atoms with van der Waals surface area (Å²) in [7, 11) is -3.08. The van der Waals surface area contributed by atoms with Gasteiger partial charge in [-0.25, -0.2) is 13.2 Å². The Morgan fingerprint density at radius 3 is 2.65 bits per heavy atom. The Kier molecular flexibility index (Phi) is 6.35. The van der Waals surface area contributed by atoms with Crippen molar-refractivity contribution in [3.05, 3.63) is 24.3 Å². The van der Waals surface area contributed by atoms with E-state index in [-0.39, 0.29) is 24.1 Å². The highest BCUT2D eigenvalue weighted by Crippen LogP contribution is 2.56. The van der Waals surface area contributed by atoms with Gasteiger partial charge in [-0.1, -0.05) is 6.92 Å². The van der Waals surface area contributed by atoms with Crippen molar-refractivity contribution in [1.29, 1.82) is 0 Å². The van der Waals surface area contributed by atoms with Crippen LogP contribution in [0.2, 0.25) is 0 Å². The number of carbonyl (C=O) groups is 1. The maximum absolute atomic E-state index is 12.5. The Hall–Kier alpha value is -2.00. The van der Waals surface area contributed by atoms with Crippen molar-refractivity contribution in [3.8, 4) is 5.75 Å². The number of urea groups is 1. The molecule has 2 bridgehead atoms. The zero-order valence-corrected chi connectivity index (χ0v) is 19.2. The summed E-state index contributed by atoms with van der Waals surface area (Å²) in [6, 6.07) is 8.83. The van der Waals surface area contributed by atoms with Crippen LogP contribution >= 0.6 is 0 Å². The van der Waals surface area contributed by atoms with Crippen LogP contribution in [-0.4, -0.2) is 75.7 Å². The second kappa shape index (κ2) is 8.86. The van der Waals surface area contributed by atoms with E-state index in [0.717, 1.165) is 24.5 Å². The first-order chi connectivity index (χ1) is 14.9. The Bertz CT molecular complexity index is 891. The second-order valence-electron chi connectivity index (χ2n) is 8.93. The quantitative estimate of drug-likeness (QED) is 0.550. The molecule has 0 aromatic heterocycles. The molecule has 1 saturated carbocycles. The normalized spacial score (nSPS) is 28.9. The fourth-order valence-corrected chi connectivity index (χ4v) is 6.83. The zero-order valence-electron chi connectivity index (χ0n) is 18.4. The van der Waals surface area contributed by atoms with E-state index in [2.05, 4.69) is 34.2 Å². The molecule has 3 N–H and O–H groups in total. The van der Waals surface area contributed by atoms with Gasteiger partial charge in [0.2, 0.25) is 0 Å². The minimum atomic E-state index is -3.08. The number of benzene rings is 1. The highest BCUT2D eigenvalue weighted by molar-refractivity contribution is 7.91. The highest BCUT2D eigenvalue weighted by Gasteiger charge is 2.64. The molecule has 9 heteroatoms. The SMILES string of the molecule is CCNC(=O)N1C[C@@H]2C3C(C)[C@@H](CN2c2ccc(OCCCS(=O)(=O)CCN)cc2)C31. The highest BCUT2D eigenvalue weighted by atomic mass is 32.2. The summed E-state index contributed by atoms with van der Waals surface area (Å²) < 4.78 is 29.1. The molecule has 3 unspecified atom stereocenters. The van der Waals surface area contributed by atoms with Gasteiger partial charge in [-0.2, -0.15) is 0 Å². The number of likely N-dealkylation sites (tertiary alicyclic amines) is 1. The number of hydrogen-bond donors (Lipinski definition) is 2. The molecule has 172 valence electrons. The standard InChI is InChI=1S/C22H34N4O4S/c1-3-24-22(27)26-14-19-20-15(2)18(21(20)26)13-25(19)16-5-7-17(8-6-16)30-10-4-11-31(28,29)12-9-23/h5-8,15,18-21H,3-4,9-14,23H2,1-2H3,(H,24,27)/t15?,18-,19-,20?,21?/m1/s1. The molecule has 3 fully saturated rings. The van der Waals surface area contributed by atoms with Crippen molar-refractivity contribution in [2.45, 2.75) is 32.4 Å². The summed E-state index contributed by atoms with van der Waals surface area (Å²) in [5.41, 5.74) is 6.48. The van der Waals surface area contributed by atoms with Crippen LogP contribution in [0.1, 0.15) is 20.3 Å². The zero-order chi connectivity index (χ0) is 22.2. The lowest BCUT2D eigenvalue weighted by molar-refractivity contribution is -0.01000. The van der Waals surface area contributed by atoms with Gasteiger partial charge in [0.1, 0.15) is 5.75 Å². The lowest BCUT2D eigenvalue weighted by Gasteiger charge is -2.58. The molecular formula is C22H34N4O4S. The number of fused-ring (bicyclic) bond motifs is 2. The van der Waals surface area contributed by atoms with Gasteiger partial charge in [-0.3, -0.25) is 0 Å². The van der Waals surface area contributed by atoms with Crippen LogP contribution in [0, 0.1) is 17.8 Å². The van der Waals surface area contributed by atoms with Crippen LogP contribution in [0.4, 0.5) is 10.5 Å². The third-order valence-corrected chi connectivity index (χ3v) is 8.93. The van der Waals surface area contributed by atoms with E-state index >= 15 is 0 Å². The molecule has 1 aliphatic carbocycles. The molecule has 2 amide bonds. The first-order valence-corrected chi connectivity index (χ1v) is 13.1. The minimum Gasteiger partial charge on any atom is -0.494 e. The number of sulfone groups is 1. The van der Waals surface area contributed by atoms with Gasteiger partial charge < -0.3 is 25.6 Å². The number of piperidine rings is 2. The molecule has 1 aromatic rings. The second-order valence-corrected chi connectivity index (χ2v) is 11.2. The maximum atomic E-state index is 12.5. The third-order valence-electron chi connectivity index (χ3n) is 7.17. The lowest BCUT2D eigenvalue weighted by Crippen LogP contribution is -2.66. The van der Waals surface area contributed by atoms with E-state index in [1.165, 1.54) is 0 Å². The Morgan fingerprint density at radius 1 is 1.23 bits per heavy atom. The molecule has 1 aromatic carbocycles. The average molecular weight is 451 g/mol. The van der Waals surface area contributed by atoms with Crippen molar-refractivity contribution in [2.75, 3.05) is 49.2 Å². The number of anilines is 1. The molecule has 4 rings (SSSR count). The summed E-state index contributed by atoms with van der Waals surface area (Å²) >= 11 is 0. The monoisotopic (exact) mass is 450 g/mol. The van der Waals surface area contributed by atoms with Gasteiger partial charge in [0.05, 0.1) is 24.2 Å². The predicted octanol–water partition coefficient (Wildman–Crippen LogP) is 1.31. The van der Waals surface area contributed by atoms with E-state index in [1.54, 1.807) is 0 Å². The van der Waals surface area contributed by atoms with Crippen LogP contribution < -0.4 is 20.7 Å². The van der Waals surface area contributed by atoms with Crippen LogP contribution in [0.25, 0.3) is 0 Å². The van der Waals surface area contributed by atoms with Crippen molar-refractivity contribution in [1.82, 2.24) is 10.2 Å². The number of nitrogens with two attached hydrogens (primary N) is 1. The smallest absolute Gasteiger partial charge is 0.317 e. The topological polar surface area (TPSA) is 105 Å². The molecular weight excluding hydrogens is 416 g/mol. The van der Waals surface area contributed by atoms with E-state index in [4.69, 9.17) is 10.5 Å². The van der Waals surface area contributed by atoms with Gasteiger partial charge in [0, 0.05) is 49.7 Å². The summed E-state index contributed by atoms with van der Waals surface area (Å²) in [4.78, 5) is 17.0. The van der Waals surface area contributed by atoms with E-state index in [0.29, 0.717) is 49.4 Å².